The maximum Gasteiger partial charge on any atom is 0.225 e. The van der Waals surface area contributed by atoms with Gasteiger partial charge in [0.2, 0.25) is 5.96 Å². The second-order valence-corrected chi connectivity index (χ2v) is 3.20. The van der Waals surface area contributed by atoms with E-state index in [2.05, 4.69) is 4.99 Å². The summed E-state index contributed by atoms with van der Waals surface area (Å²) in [5.74, 6) is -2.06. The molecule has 0 spiro atoms. The first kappa shape index (κ1) is 12.9. The number of guanidine groups is 2. The zero-order valence-corrected chi connectivity index (χ0v) is 9.24. The maximum absolute atomic E-state index is 13.5. The molecule has 1 aromatic carbocycles. The van der Waals surface area contributed by atoms with Crippen LogP contribution in [-0.2, 0) is 0 Å². The first-order valence-corrected chi connectivity index (χ1v) is 4.86. The van der Waals surface area contributed by atoms with E-state index in [1.807, 2.05) is 0 Å². The summed E-state index contributed by atoms with van der Waals surface area (Å²) in [6, 6.07) is 3.07. The minimum absolute atomic E-state index is 0.0453. The number of benzene rings is 1. The Morgan fingerprint density at radius 2 is 2.06 bits per heavy atom. The number of halogens is 2. The molecule has 0 amide bonds. The van der Waals surface area contributed by atoms with E-state index in [1.54, 1.807) is 6.92 Å². The molecule has 5 nitrogen and oxygen atoms in total. The van der Waals surface area contributed by atoms with Gasteiger partial charge in [-0.25, -0.2) is 8.78 Å². The number of nitrogens with zero attached hydrogens (tertiary/aromatic N) is 2. The highest BCUT2D eigenvalue weighted by atomic mass is 19.1. The Balaban J connectivity index is 3.10. The fourth-order valence-corrected chi connectivity index (χ4v) is 1.32. The quantitative estimate of drug-likeness (QED) is 0.532. The first-order valence-electron chi connectivity index (χ1n) is 4.86. The molecule has 0 unspecified atom stereocenters. The predicted octanol–water partition coefficient (Wildman–Crippen LogP) is 0.999. The molecule has 0 atom stereocenters. The molecule has 0 aliphatic carbocycles. The lowest BCUT2D eigenvalue weighted by Crippen LogP contribution is -2.33. The molecule has 0 fully saturated rings. The minimum atomic E-state index is -0.776. The van der Waals surface area contributed by atoms with Gasteiger partial charge >= 0.3 is 0 Å². The van der Waals surface area contributed by atoms with Crippen molar-refractivity contribution in [2.45, 2.75) is 6.92 Å². The van der Waals surface area contributed by atoms with Crippen LogP contribution in [0.5, 0.6) is 0 Å². The van der Waals surface area contributed by atoms with Gasteiger partial charge < -0.3 is 16.4 Å². The van der Waals surface area contributed by atoms with Crippen molar-refractivity contribution in [2.24, 2.45) is 16.5 Å². The van der Waals surface area contributed by atoms with Crippen molar-refractivity contribution in [1.29, 1.82) is 5.41 Å². The van der Waals surface area contributed by atoms with E-state index in [4.69, 9.17) is 16.9 Å². The largest absolute Gasteiger partial charge is 0.370 e. The van der Waals surface area contributed by atoms with Crippen LogP contribution in [0.3, 0.4) is 0 Å². The molecular weight excluding hydrogens is 228 g/mol. The highest BCUT2D eigenvalue weighted by Gasteiger charge is 2.14. The summed E-state index contributed by atoms with van der Waals surface area (Å²) in [6.45, 7) is 1.97. The van der Waals surface area contributed by atoms with Gasteiger partial charge in [-0.05, 0) is 19.1 Å². The second kappa shape index (κ2) is 5.24. The van der Waals surface area contributed by atoms with E-state index >= 15 is 0 Å². The SMILES string of the molecule is CCN(C(=N)N=C(N)N)c1ccc(F)cc1F. The zero-order valence-electron chi connectivity index (χ0n) is 9.24. The van der Waals surface area contributed by atoms with Crippen LogP contribution in [0.2, 0.25) is 0 Å². The van der Waals surface area contributed by atoms with Crippen molar-refractivity contribution >= 4 is 17.6 Å². The maximum atomic E-state index is 13.5. The second-order valence-electron chi connectivity index (χ2n) is 3.20. The molecule has 0 aliphatic rings. The third kappa shape index (κ3) is 3.13. The van der Waals surface area contributed by atoms with Gasteiger partial charge in [-0.1, -0.05) is 0 Å². The van der Waals surface area contributed by atoms with Crippen LogP contribution in [0.4, 0.5) is 14.5 Å². The Morgan fingerprint density at radius 3 is 2.53 bits per heavy atom. The summed E-state index contributed by atoms with van der Waals surface area (Å²) in [7, 11) is 0. The van der Waals surface area contributed by atoms with Crippen LogP contribution >= 0.6 is 0 Å². The number of rotatable bonds is 2. The van der Waals surface area contributed by atoms with Crippen molar-refractivity contribution in [3.63, 3.8) is 0 Å². The van der Waals surface area contributed by atoms with Crippen LogP contribution in [0.1, 0.15) is 6.92 Å². The summed E-state index contributed by atoms with van der Waals surface area (Å²) in [5, 5.41) is 7.58. The molecule has 17 heavy (non-hydrogen) atoms. The van der Waals surface area contributed by atoms with E-state index in [1.165, 1.54) is 11.0 Å². The average molecular weight is 241 g/mol. The van der Waals surface area contributed by atoms with Gasteiger partial charge in [0.25, 0.3) is 0 Å². The topological polar surface area (TPSA) is 91.5 Å². The predicted molar refractivity (Wildman–Crippen MR) is 62.9 cm³/mol. The van der Waals surface area contributed by atoms with E-state index in [-0.39, 0.29) is 24.2 Å². The Morgan fingerprint density at radius 1 is 1.41 bits per heavy atom. The minimum Gasteiger partial charge on any atom is -0.370 e. The van der Waals surface area contributed by atoms with Crippen molar-refractivity contribution < 1.29 is 8.78 Å². The van der Waals surface area contributed by atoms with Gasteiger partial charge in [-0.3, -0.25) is 5.41 Å². The van der Waals surface area contributed by atoms with Crippen LogP contribution < -0.4 is 16.4 Å². The number of nitrogens with two attached hydrogens (primary N) is 2. The molecule has 0 saturated heterocycles. The molecule has 1 aromatic rings. The first-order chi connectivity index (χ1) is 7.95. The zero-order chi connectivity index (χ0) is 13.0. The van der Waals surface area contributed by atoms with Crippen molar-refractivity contribution in [3.8, 4) is 0 Å². The number of hydrogen-bond acceptors (Lipinski definition) is 1. The highest BCUT2D eigenvalue weighted by molar-refractivity contribution is 6.01. The van der Waals surface area contributed by atoms with Gasteiger partial charge in [0, 0.05) is 12.6 Å². The molecule has 0 heterocycles. The van der Waals surface area contributed by atoms with Crippen LogP contribution in [0.25, 0.3) is 0 Å². The van der Waals surface area contributed by atoms with Gasteiger partial charge in [0.05, 0.1) is 5.69 Å². The van der Waals surface area contributed by atoms with E-state index in [0.717, 1.165) is 12.1 Å². The molecule has 1 rings (SSSR count). The summed E-state index contributed by atoms with van der Waals surface area (Å²) >= 11 is 0. The molecule has 5 N–H and O–H groups in total. The third-order valence-electron chi connectivity index (χ3n) is 2.01. The summed E-state index contributed by atoms with van der Waals surface area (Å²) < 4.78 is 26.2. The Labute approximate surface area is 97.2 Å². The number of anilines is 1. The van der Waals surface area contributed by atoms with Gasteiger partial charge in [-0.15, -0.1) is 0 Å². The van der Waals surface area contributed by atoms with Crippen LogP contribution in [0.15, 0.2) is 23.2 Å². The van der Waals surface area contributed by atoms with Gasteiger partial charge in [-0.2, -0.15) is 4.99 Å². The summed E-state index contributed by atoms with van der Waals surface area (Å²) in [4.78, 5) is 4.73. The molecule has 0 saturated carbocycles. The van der Waals surface area contributed by atoms with E-state index in [0.29, 0.717) is 0 Å². The molecule has 0 bridgehead atoms. The Bertz CT molecular complexity index is 454. The fourth-order valence-electron chi connectivity index (χ4n) is 1.32. The lowest BCUT2D eigenvalue weighted by molar-refractivity contribution is 0.583. The van der Waals surface area contributed by atoms with Crippen LogP contribution in [-0.4, -0.2) is 18.5 Å². The number of hydrogen-bond donors (Lipinski definition) is 3. The van der Waals surface area contributed by atoms with Crippen LogP contribution in [0, 0.1) is 17.0 Å². The summed E-state index contributed by atoms with van der Waals surface area (Å²) in [5.41, 5.74) is 10.3. The van der Waals surface area contributed by atoms with Gasteiger partial charge in [0.1, 0.15) is 11.6 Å². The van der Waals surface area contributed by atoms with Crippen molar-refractivity contribution in [1.82, 2.24) is 0 Å². The molecule has 92 valence electrons. The lowest BCUT2D eigenvalue weighted by Gasteiger charge is -2.21. The smallest absolute Gasteiger partial charge is 0.225 e. The monoisotopic (exact) mass is 241 g/mol. The highest BCUT2D eigenvalue weighted by Crippen LogP contribution is 2.20. The van der Waals surface area contributed by atoms with Crippen molar-refractivity contribution in [2.75, 3.05) is 11.4 Å². The molecule has 0 radical (unpaired) electrons. The normalized spacial score (nSPS) is 9.82. The molecule has 0 aliphatic heterocycles. The lowest BCUT2D eigenvalue weighted by atomic mass is 10.2. The van der Waals surface area contributed by atoms with Crippen molar-refractivity contribution in [3.05, 3.63) is 29.8 Å². The molecular formula is C10H13F2N5. The standard InChI is InChI=1S/C10H13F2N5/c1-2-17(10(15)16-9(13)14)8-4-3-6(11)5-7(8)12/h3-5H,2H2,1H3,(H5,13,14,15,16). The Kier molecular flexibility index (Phi) is 3.97. The third-order valence-corrected chi connectivity index (χ3v) is 2.01. The Hall–Kier alpha value is -2.18. The molecule has 0 aromatic heterocycles. The van der Waals surface area contributed by atoms with Gasteiger partial charge in [0.15, 0.2) is 5.96 Å². The average Bonchev–Trinajstić information content (AvgIpc) is 2.21. The number of nitrogens with one attached hydrogen (secondary N) is 1. The summed E-state index contributed by atoms with van der Waals surface area (Å²) in [6.07, 6.45) is 0. The van der Waals surface area contributed by atoms with E-state index < -0.39 is 11.6 Å². The number of aliphatic imine (C=N–C) groups is 1. The molecule has 7 heteroatoms. The fraction of sp³-hybridized carbons (Fsp3) is 0.200. The van der Waals surface area contributed by atoms with E-state index in [9.17, 15) is 8.78 Å².